The third-order valence-electron chi connectivity index (χ3n) is 21.7. The molecular formula is C100H79F5N8O4+4. The molecule has 0 spiro atoms. The molecule has 0 aliphatic rings. The van der Waals surface area contributed by atoms with Crippen molar-refractivity contribution in [1.29, 1.82) is 0 Å². The minimum Gasteiger partial charge on any atom is -0.437 e. The average molecular weight is 1550 g/mol. The summed E-state index contributed by atoms with van der Waals surface area (Å²) >= 11 is 0. The van der Waals surface area contributed by atoms with Gasteiger partial charge in [-0.05, 0) is 215 Å². The number of pyridine rings is 8. The maximum atomic E-state index is 14.2. The number of fused-ring (bicyclic) bond motifs is 12. The summed E-state index contributed by atoms with van der Waals surface area (Å²) in [4.78, 5) is 18.2. The van der Waals surface area contributed by atoms with Crippen LogP contribution in [-0.4, -0.2) is 19.9 Å². The van der Waals surface area contributed by atoms with E-state index in [1.807, 2.05) is 177 Å². The van der Waals surface area contributed by atoms with Crippen LogP contribution in [0.3, 0.4) is 0 Å². The molecule has 12 nitrogen and oxygen atoms in total. The topological polar surface area (TPSA) is 120 Å². The molecular weight excluding hydrogens is 1470 g/mol. The maximum Gasteiger partial charge on any atom is 0.227 e. The molecule has 12 aromatic heterocycles. The highest BCUT2D eigenvalue weighted by Gasteiger charge is 2.29. The van der Waals surface area contributed by atoms with Crippen molar-refractivity contribution in [2.75, 3.05) is 0 Å². The van der Waals surface area contributed by atoms with E-state index in [1.54, 1.807) is 36.4 Å². The predicted octanol–water partition coefficient (Wildman–Crippen LogP) is 23.7. The highest BCUT2D eigenvalue weighted by Crippen LogP contribution is 2.44. The van der Waals surface area contributed by atoms with Crippen molar-refractivity contribution in [3.8, 4) is 89.5 Å². The van der Waals surface area contributed by atoms with Crippen molar-refractivity contribution < 1.29 is 57.9 Å². The second kappa shape index (κ2) is 30.6. The molecule has 8 aromatic carbocycles. The monoisotopic (exact) mass is 1550 g/mol. The SMILES string of the molecule is Cc1ccc2c(n1)oc1c(-c3c(-c4cccc(F)c4)ccc[n+]3C)c(C)ccc12.Cc1ccc2c(n1)oc1c(-c3cc(-c4cccc(F)c4)cc[n+]3C)c(C)ccc12.Cc1ccc2c(n1)oc1c(-c3ccc(-c4ccc(F)cc4F)c[n+]3C)c(C)ccc12.Cc1ccc2c(n1)oc1c(-c3ccc(-c4cccc(F)c4)c[n+]3C)c(C)ccc12. The lowest BCUT2D eigenvalue weighted by molar-refractivity contribution is -0.660. The fraction of sp³-hybridized carbons (Fsp3) is 0.120. The molecule has 0 saturated carbocycles. The van der Waals surface area contributed by atoms with Gasteiger partial charge in [0.1, 0.15) is 57.3 Å². The summed E-state index contributed by atoms with van der Waals surface area (Å²) in [6, 6.07) is 72.5. The number of aryl methyl sites for hydroxylation is 12. The zero-order valence-corrected chi connectivity index (χ0v) is 66.4. The van der Waals surface area contributed by atoms with Crippen molar-refractivity contribution in [1.82, 2.24) is 19.9 Å². The third kappa shape index (κ3) is 14.4. The Balaban J connectivity index is 0.000000112. The zero-order valence-electron chi connectivity index (χ0n) is 66.4. The van der Waals surface area contributed by atoms with Gasteiger partial charge in [-0.2, -0.15) is 0 Å². The van der Waals surface area contributed by atoms with E-state index in [0.717, 1.165) is 195 Å². The van der Waals surface area contributed by atoms with Gasteiger partial charge < -0.3 is 17.7 Å². The number of halogens is 5. The van der Waals surface area contributed by atoms with E-state index in [0.29, 0.717) is 34.0 Å². The normalized spacial score (nSPS) is 11.5. The standard InChI is InChI=1S/C25H19F2N2O.3C25H20FN2O/c1-14-4-8-19-20-9-5-15(2)28-25(20)30-24(19)23(14)22-11-6-16(13-29(22)3)18-10-7-17(26)12-21(18)27;1-15-9-11-20-21-12-10-16(2)27-25(21)29-24(20)22(15)23-19(8-5-13-28(23)3)17-6-4-7-18(26)14-17;1-15-7-10-20-21-11-8-16(2)27-25(21)29-24(20)23(15)22-12-9-18(14-28(22)3)17-5-4-6-19(26)13-17;1-15-7-9-20-21-10-8-16(2)27-25(21)29-24(20)23(15)22-14-18(11-12-28(22)3)17-5-4-6-19(26)13-17/h4-13H,1-3H3;3*4-14H,1-3H3/q4*+1. The van der Waals surface area contributed by atoms with Gasteiger partial charge in [0.05, 0.1) is 27.8 Å². The van der Waals surface area contributed by atoms with Crippen LogP contribution in [0.1, 0.15) is 45.0 Å². The summed E-state index contributed by atoms with van der Waals surface area (Å²) in [5, 5.41) is 8.14. The van der Waals surface area contributed by atoms with Crippen LogP contribution in [0.5, 0.6) is 0 Å². The number of benzene rings is 8. The van der Waals surface area contributed by atoms with E-state index < -0.39 is 11.6 Å². The first-order valence-corrected chi connectivity index (χ1v) is 38.4. The lowest BCUT2D eigenvalue weighted by Gasteiger charge is -2.10. The fourth-order valence-electron chi connectivity index (χ4n) is 15.8. The first kappa shape index (κ1) is 75.5. The molecule has 20 rings (SSSR count). The van der Waals surface area contributed by atoms with Crippen LogP contribution in [0.2, 0.25) is 0 Å². The largest absolute Gasteiger partial charge is 0.437 e. The van der Waals surface area contributed by atoms with Gasteiger partial charge in [0.2, 0.25) is 45.6 Å². The molecule has 0 aliphatic carbocycles. The Morgan fingerprint density at radius 2 is 0.624 bits per heavy atom. The lowest BCUT2D eigenvalue weighted by Crippen LogP contribution is -2.31. The van der Waals surface area contributed by atoms with E-state index >= 15 is 0 Å². The Labute approximate surface area is 671 Å². The summed E-state index contributed by atoms with van der Waals surface area (Å²) in [6.07, 6.45) is 7.86. The minimum absolute atomic E-state index is 0.236. The molecule has 0 unspecified atom stereocenters. The van der Waals surface area contributed by atoms with Gasteiger partial charge in [-0.1, -0.05) is 84.9 Å². The van der Waals surface area contributed by atoms with Gasteiger partial charge in [0, 0.05) is 119 Å². The van der Waals surface area contributed by atoms with Crippen LogP contribution in [0.4, 0.5) is 22.0 Å². The maximum absolute atomic E-state index is 14.2. The molecule has 574 valence electrons. The van der Waals surface area contributed by atoms with Gasteiger partial charge in [0.15, 0.2) is 47.1 Å². The fourth-order valence-corrected chi connectivity index (χ4v) is 15.8. The van der Waals surface area contributed by atoms with E-state index in [1.165, 1.54) is 30.3 Å². The number of hydrogen-bond donors (Lipinski definition) is 0. The molecule has 17 heteroatoms. The molecule has 0 amide bonds. The summed E-state index contributed by atoms with van der Waals surface area (Å²) in [7, 11) is 7.92. The van der Waals surface area contributed by atoms with Crippen LogP contribution in [-0.2, 0) is 28.2 Å². The quantitative estimate of drug-likeness (QED) is 0.109. The number of rotatable bonds is 8. The van der Waals surface area contributed by atoms with Gasteiger partial charge in [-0.15, -0.1) is 0 Å². The van der Waals surface area contributed by atoms with Gasteiger partial charge in [-0.25, -0.2) is 60.2 Å². The Morgan fingerprint density at radius 1 is 0.256 bits per heavy atom. The van der Waals surface area contributed by atoms with E-state index in [4.69, 9.17) is 17.7 Å². The highest BCUT2D eigenvalue weighted by atomic mass is 19.1. The molecule has 0 atom stereocenters. The average Bonchev–Trinajstić information content (AvgIpc) is 1.64. The molecule has 0 aliphatic heterocycles. The zero-order chi connectivity index (χ0) is 81.4. The van der Waals surface area contributed by atoms with Crippen molar-refractivity contribution in [2.45, 2.75) is 55.4 Å². The van der Waals surface area contributed by atoms with Crippen molar-refractivity contribution >= 4 is 88.3 Å². The van der Waals surface area contributed by atoms with Gasteiger partial charge in [-0.3, -0.25) is 0 Å². The van der Waals surface area contributed by atoms with Crippen molar-refractivity contribution in [3.05, 3.63) is 335 Å². The smallest absolute Gasteiger partial charge is 0.227 e. The summed E-state index contributed by atoms with van der Waals surface area (Å²) < 4.78 is 102. The van der Waals surface area contributed by atoms with Crippen LogP contribution in [0, 0.1) is 84.5 Å². The molecule has 0 bridgehead atoms. The van der Waals surface area contributed by atoms with Crippen LogP contribution >= 0.6 is 0 Å². The summed E-state index contributed by atoms with van der Waals surface area (Å²) in [6.45, 7) is 16.1. The van der Waals surface area contributed by atoms with Gasteiger partial charge >= 0.3 is 0 Å². The number of hydrogen-bond acceptors (Lipinski definition) is 8. The van der Waals surface area contributed by atoms with E-state index in [-0.39, 0.29) is 17.5 Å². The number of furan rings is 4. The minimum atomic E-state index is -0.590. The Kier molecular flexibility index (Phi) is 19.8. The van der Waals surface area contributed by atoms with Crippen LogP contribution < -0.4 is 18.3 Å². The first-order valence-electron chi connectivity index (χ1n) is 38.4. The number of nitrogens with zero attached hydrogens (tertiary/aromatic N) is 8. The highest BCUT2D eigenvalue weighted by molar-refractivity contribution is 6.12. The Morgan fingerprint density at radius 3 is 1.06 bits per heavy atom. The Bertz CT molecular complexity index is 7400. The molecule has 20 aromatic rings. The molecule has 117 heavy (non-hydrogen) atoms. The molecule has 0 saturated heterocycles. The molecule has 0 radical (unpaired) electrons. The van der Waals surface area contributed by atoms with E-state index in [2.05, 4.69) is 133 Å². The second-order valence-corrected chi connectivity index (χ2v) is 29.9. The third-order valence-corrected chi connectivity index (χ3v) is 21.7. The lowest BCUT2D eigenvalue weighted by atomic mass is 9.94. The summed E-state index contributed by atoms with van der Waals surface area (Å²) in [5.74, 6) is -1.90. The van der Waals surface area contributed by atoms with Gasteiger partial charge in [0.25, 0.3) is 0 Å². The molecule has 12 heterocycles. The van der Waals surface area contributed by atoms with Crippen molar-refractivity contribution in [2.24, 2.45) is 28.2 Å². The van der Waals surface area contributed by atoms with E-state index in [9.17, 15) is 22.0 Å². The number of aromatic nitrogens is 8. The molecule has 0 N–H and O–H groups in total. The summed E-state index contributed by atoms with van der Waals surface area (Å²) in [5.41, 5.74) is 28.3. The Hall–Kier alpha value is -14.2. The van der Waals surface area contributed by atoms with Crippen LogP contribution in [0.25, 0.3) is 178 Å². The van der Waals surface area contributed by atoms with Crippen molar-refractivity contribution in [3.63, 3.8) is 0 Å². The second-order valence-electron chi connectivity index (χ2n) is 29.9. The van der Waals surface area contributed by atoms with Crippen LogP contribution in [0.15, 0.2) is 279 Å². The molecule has 0 fully saturated rings. The predicted molar refractivity (Wildman–Crippen MR) is 452 cm³/mol. The first-order chi connectivity index (χ1) is 56.5.